The molecule has 0 atom stereocenters. The van der Waals surface area contributed by atoms with Crippen LogP contribution in [0.5, 0.6) is 5.75 Å². The quantitative estimate of drug-likeness (QED) is 0.366. The Morgan fingerprint density at radius 3 is 1.80 bits per heavy atom. The Bertz CT molecular complexity index is 150. The first-order valence-electron chi connectivity index (χ1n) is 2.78. The standard InChI is InChI=1S/C6H7NO.CH4O/c7-5-1-3-6(8)4-2-5;1-2/h1-4,8H,7H2;2H,1H3. The Balaban J connectivity index is 0.000000371. The summed E-state index contributed by atoms with van der Waals surface area (Å²) in [5.41, 5.74) is 5.98. The summed E-state index contributed by atoms with van der Waals surface area (Å²) < 4.78 is 0. The number of rotatable bonds is 0. The van der Waals surface area contributed by atoms with Crippen LogP contribution in [0.4, 0.5) is 5.69 Å². The van der Waals surface area contributed by atoms with Crippen molar-refractivity contribution in [3.8, 4) is 5.75 Å². The Labute approximate surface area is 59.7 Å². The molecule has 4 N–H and O–H groups in total. The molecule has 0 aromatic heterocycles. The molecular formula is C7H11NO2. The third-order valence-corrected chi connectivity index (χ3v) is 0.893. The van der Waals surface area contributed by atoms with Crippen molar-refractivity contribution in [3.05, 3.63) is 24.3 Å². The van der Waals surface area contributed by atoms with Crippen LogP contribution in [-0.4, -0.2) is 17.3 Å². The maximum absolute atomic E-state index is 8.70. The van der Waals surface area contributed by atoms with Gasteiger partial charge in [0, 0.05) is 12.8 Å². The lowest BCUT2D eigenvalue weighted by atomic mass is 10.3. The number of aliphatic hydroxyl groups is 1. The van der Waals surface area contributed by atoms with Gasteiger partial charge in [-0.1, -0.05) is 0 Å². The van der Waals surface area contributed by atoms with Crippen LogP contribution in [0.15, 0.2) is 24.3 Å². The molecule has 0 amide bonds. The van der Waals surface area contributed by atoms with Crippen molar-refractivity contribution in [1.29, 1.82) is 0 Å². The molecule has 0 unspecified atom stereocenters. The number of phenolic OH excluding ortho intramolecular Hbond substituents is 1. The summed E-state index contributed by atoms with van der Waals surface area (Å²) in [6.45, 7) is 0. The molecule has 1 aromatic rings. The van der Waals surface area contributed by atoms with Crippen molar-refractivity contribution in [2.24, 2.45) is 0 Å². The normalized spacial score (nSPS) is 7.80. The Hall–Kier alpha value is -1.22. The monoisotopic (exact) mass is 141 g/mol. The van der Waals surface area contributed by atoms with E-state index >= 15 is 0 Å². The molecule has 0 saturated heterocycles. The lowest BCUT2D eigenvalue weighted by Gasteiger charge is -1.89. The van der Waals surface area contributed by atoms with Crippen molar-refractivity contribution < 1.29 is 10.2 Å². The fourth-order valence-electron chi connectivity index (χ4n) is 0.474. The molecule has 0 radical (unpaired) electrons. The van der Waals surface area contributed by atoms with Crippen molar-refractivity contribution in [1.82, 2.24) is 0 Å². The highest BCUT2D eigenvalue weighted by Crippen LogP contribution is 2.09. The van der Waals surface area contributed by atoms with Gasteiger partial charge in [-0.25, -0.2) is 0 Å². The van der Waals surface area contributed by atoms with Gasteiger partial charge in [0.05, 0.1) is 0 Å². The molecule has 0 saturated carbocycles. The van der Waals surface area contributed by atoms with Gasteiger partial charge < -0.3 is 15.9 Å². The highest BCUT2D eigenvalue weighted by Gasteiger charge is 1.82. The van der Waals surface area contributed by atoms with Crippen molar-refractivity contribution in [3.63, 3.8) is 0 Å². The number of aromatic hydroxyl groups is 1. The topological polar surface area (TPSA) is 66.5 Å². The predicted octanol–water partition coefficient (Wildman–Crippen LogP) is 0.583. The fraction of sp³-hybridized carbons (Fsp3) is 0.143. The maximum atomic E-state index is 8.70. The molecule has 10 heavy (non-hydrogen) atoms. The minimum absolute atomic E-state index is 0.249. The van der Waals surface area contributed by atoms with Crippen LogP contribution in [0.3, 0.4) is 0 Å². The highest BCUT2D eigenvalue weighted by atomic mass is 16.3. The number of hydrogen-bond donors (Lipinski definition) is 3. The number of nitrogens with two attached hydrogens (primary N) is 1. The van der Waals surface area contributed by atoms with E-state index in [1.54, 1.807) is 24.3 Å². The van der Waals surface area contributed by atoms with E-state index in [1.807, 2.05) is 0 Å². The first-order valence-corrected chi connectivity index (χ1v) is 2.78. The summed E-state index contributed by atoms with van der Waals surface area (Å²) >= 11 is 0. The van der Waals surface area contributed by atoms with Gasteiger partial charge in [0.1, 0.15) is 5.75 Å². The van der Waals surface area contributed by atoms with Gasteiger partial charge in [0.15, 0.2) is 0 Å². The maximum Gasteiger partial charge on any atom is 0.115 e. The summed E-state index contributed by atoms with van der Waals surface area (Å²) in [5.74, 6) is 0.249. The summed E-state index contributed by atoms with van der Waals surface area (Å²) in [6, 6.07) is 6.40. The van der Waals surface area contributed by atoms with E-state index in [0.717, 1.165) is 7.11 Å². The van der Waals surface area contributed by atoms with E-state index in [-0.39, 0.29) is 5.75 Å². The highest BCUT2D eigenvalue weighted by molar-refractivity contribution is 5.40. The minimum Gasteiger partial charge on any atom is -0.508 e. The van der Waals surface area contributed by atoms with E-state index < -0.39 is 0 Å². The number of anilines is 1. The molecule has 3 nitrogen and oxygen atoms in total. The van der Waals surface area contributed by atoms with Gasteiger partial charge in [-0.15, -0.1) is 0 Å². The van der Waals surface area contributed by atoms with Crippen LogP contribution in [0.2, 0.25) is 0 Å². The zero-order valence-electron chi connectivity index (χ0n) is 5.78. The molecule has 0 aliphatic heterocycles. The number of hydrogen-bond acceptors (Lipinski definition) is 3. The summed E-state index contributed by atoms with van der Waals surface area (Å²) in [4.78, 5) is 0. The van der Waals surface area contributed by atoms with Crippen LogP contribution in [0.25, 0.3) is 0 Å². The van der Waals surface area contributed by atoms with E-state index in [9.17, 15) is 0 Å². The van der Waals surface area contributed by atoms with Crippen LogP contribution in [0.1, 0.15) is 0 Å². The van der Waals surface area contributed by atoms with Crippen LogP contribution in [0, 0.1) is 0 Å². The Morgan fingerprint density at radius 1 is 1.10 bits per heavy atom. The van der Waals surface area contributed by atoms with E-state index in [4.69, 9.17) is 15.9 Å². The average molecular weight is 141 g/mol. The SMILES string of the molecule is CO.Nc1ccc(O)cc1. The largest absolute Gasteiger partial charge is 0.508 e. The lowest BCUT2D eigenvalue weighted by molar-refractivity contribution is 0.399. The molecule has 0 bridgehead atoms. The van der Waals surface area contributed by atoms with Gasteiger partial charge in [0.25, 0.3) is 0 Å². The summed E-state index contributed by atoms with van der Waals surface area (Å²) in [7, 11) is 1.00. The number of nitrogen functional groups attached to an aromatic ring is 1. The van der Waals surface area contributed by atoms with Crippen LogP contribution >= 0.6 is 0 Å². The number of benzene rings is 1. The molecule has 1 rings (SSSR count). The number of phenols is 1. The Morgan fingerprint density at radius 2 is 1.50 bits per heavy atom. The summed E-state index contributed by atoms with van der Waals surface area (Å²) in [5, 5.41) is 15.7. The smallest absolute Gasteiger partial charge is 0.115 e. The second-order valence-electron chi connectivity index (χ2n) is 1.59. The van der Waals surface area contributed by atoms with Crippen LogP contribution in [-0.2, 0) is 0 Å². The number of aliphatic hydroxyl groups excluding tert-OH is 1. The lowest BCUT2D eigenvalue weighted by Crippen LogP contribution is -1.80. The van der Waals surface area contributed by atoms with Gasteiger partial charge >= 0.3 is 0 Å². The van der Waals surface area contributed by atoms with Crippen molar-refractivity contribution in [2.45, 2.75) is 0 Å². The van der Waals surface area contributed by atoms with E-state index in [1.165, 1.54) is 0 Å². The average Bonchev–Trinajstić information content (AvgIpc) is 2.00. The second kappa shape index (κ2) is 4.64. The predicted molar refractivity (Wildman–Crippen MR) is 40.7 cm³/mol. The molecule has 1 aromatic carbocycles. The summed E-state index contributed by atoms with van der Waals surface area (Å²) in [6.07, 6.45) is 0. The van der Waals surface area contributed by atoms with Crippen molar-refractivity contribution >= 4 is 5.69 Å². The second-order valence-corrected chi connectivity index (χ2v) is 1.59. The van der Waals surface area contributed by atoms with Gasteiger partial charge in [-0.2, -0.15) is 0 Å². The molecule has 3 heteroatoms. The molecule has 0 aliphatic rings. The van der Waals surface area contributed by atoms with Gasteiger partial charge in [-0.05, 0) is 24.3 Å². The Kier molecular flexibility index (Phi) is 4.07. The third kappa shape index (κ3) is 2.94. The van der Waals surface area contributed by atoms with E-state index in [2.05, 4.69) is 0 Å². The first kappa shape index (κ1) is 8.78. The third-order valence-electron chi connectivity index (χ3n) is 0.893. The van der Waals surface area contributed by atoms with Crippen LogP contribution < -0.4 is 5.73 Å². The molecule has 0 fully saturated rings. The first-order chi connectivity index (χ1) is 4.79. The molecule has 0 spiro atoms. The van der Waals surface area contributed by atoms with Gasteiger partial charge in [0.2, 0.25) is 0 Å². The zero-order valence-corrected chi connectivity index (χ0v) is 5.78. The molecule has 0 heterocycles. The van der Waals surface area contributed by atoms with E-state index in [0.29, 0.717) is 5.69 Å². The molecule has 56 valence electrons. The molecule has 0 aliphatic carbocycles. The minimum atomic E-state index is 0.249. The zero-order chi connectivity index (χ0) is 7.98. The molecular weight excluding hydrogens is 130 g/mol. The van der Waals surface area contributed by atoms with Gasteiger partial charge in [-0.3, -0.25) is 0 Å². The van der Waals surface area contributed by atoms with Crippen molar-refractivity contribution in [2.75, 3.05) is 12.8 Å². The fourth-order valence-corrected chi connectivity index (χ4v) is 0.474.